The topological polar surface area (TPSA) is 98.5 Å². The number of methoxy groups -OCH3 is 1. The number of rotatable bonds is 5. The van der Waals surface area contributed by atoms with E-state index in [9.17, 15) is 18.0 Å². The molecule has 1 amide bonds. The minimum absolute atomic E-state index is 0.0753. The van der Waals surface area contributed by atoms with Crippen LogP contribution in [0.5, 0.6) is 6.01 Å². The van der Waals surface area contributed by atoms with Crippen molar-refractivity contribution in [3.8, 4) is 6.01 Å². The van der Waals surface area contributed by atoms with Gasteiger partial charge >= 0.3 is 18.3 Å². The SMILES string of the molecule is COC(=O)N(C)CCOc1nc(N2CCn3c(nnc3C(F)(F)F)C2)c2cc(C)sc2n1. The van der Waals surface area contributed by atoms with E-state index < -0.39 is 18.1 Å². The first-order valence-corrected chi connectivity index (χ1v) is 10.4. The van der Waals surface area contributed by atoms with Crippen molar-refractivity contribution in [3.63, 3.8) is 0 Å². The third kappa shape index (κ3) is 4.26. The molecule has 0 atom stereocenters. The number of nitrogens with zero attached hydrogens (tertiary/aromatic N) is 7. The highest BCUT2D eigenvalue weighted by atomic mass is 32.1. The van der Waals surface area contributed by atoms with Crippen LogP contribution in [0, 0.1) is 6.92 Å². The summed E-state index contributed by atoms with van der Waals surface area (Å²) in [5, 5.41) is 7.84. The number of carbonyl (C=O) groups is 1. The van der Waals surface area contributed by atoms with E-state index in [2.05, 4.69) is 24.9 Å². The van der Waals surface area contributed by atoms with Gasteiger partial charge in [0.2, 0.25) is 5.82 Å². The molecule has 10 nitrogen and oxygen atoms in total. The number of halogens is 3. The highest BCUT2D eigenvalue weighted by molar-refractivity contribution is 7.18. The predicted octanol–water partition coefficient (Wildman–Crippen LogP) is 2.71. The molecule has 0 saturated carbocycles. The number of hydrogen-bond donors (Lipinski definition) is 0. The quantitative estimate of drug-likeness (QED) is 0.560. The second kappa shape index (κ2) is 8.41. The molecule has 0 spiro atoms. The average molecular weight is 471 g/mol. The number of ether oxygens (including phenoxy) is 2. The van der Waals surface area contributed by atoms with E-state index in [0.29, 0.717) is 17.2 Å². The lowest BCUT2D eigenvalue weighted by molar-refractivity contribution is -0.147. The maximum Gasteiger partial charge on any atom is 0.451 e. The standard InChI is InChI=1S/C18H20F3N7O3S/c1-10-8-11-13(27-4-5-28-12(9-27)24-25-15(28)18(19,20)21)22-16(23-14(11)32-10)31-7-6-26(2)17(29)30-3/h8H,4-7,9H2,1-3H3. The lowest BCUT2D eigenvalue weighted by Gasteiger charge is -2.29. The van der Waals surface area contributed by atoms with Gasteiger partial charge in [-0.2, -0.15) is 23.1 Å². The summed E-state index contributed by atoms with van der Waals surface area (Å²) in [5.74, 6) is -0.229. The number of hydrogen-bond acceptors (Lipinski definition) is 9. The summed E-state index contributed by atoms with van der Waals surface area (Å²) in [6.07, 6.45) is -5.05. The number of aryl methyl sites for hydroxylation is 1. The Labute approximate surface area is 184 Å². The zero-order valence-electron chi connectivity index (χ0n) is 17.5. The monoisotopic (exact) mass is 471 g/mol. The van der Waals surface area contributed by atoms with Crippen LogP contribution in [0.1, 0.15) is 16.5 Å². The molecular weight excluding hydrogens is 451 g/mol. The number of alkyl halides is 3. The fourth-order valence-electron chi connectivity index (χ4n) is 3.38. The summed E-state index contributed by atoms with van der Waals surface area (Å²) in [4.78, 5) is 25.3. The number of fused-ring (bicyclic) bond motifs is 2. The lowest BCUT2D eigenvalue weighted by Crippen LogP contribution is -2.36. The molecule has 1 aliphatic rings. The Bertz CT molecular complexity index is 1150. The molecule has 0 aliphatic carbocycles. The second-order valence-corrected chi connectivity index (χ2v) is 8.39. The fourth-order valence-corrected chi connectivity index (χ4v) is 4.25. The van der Waals surface area contributed by atoms with Gasteiger partial charge in [-0.05, 0) is 13.0 Å². The molecule has 4 rings (SSSR count). The molecular formula is C18H20F3N7O3S. The van der Waals surface area contributed by atoms with E-state index in [1.165, 1.54) is 23.3 Å². The molecule has 3 aromatic rings. The number of carbonyl (C=O) groups excluding carboxylic acids is 1. The first-order valence-electron chi connectivity index (χ1n) is 9.61. The lowest BCUT2D eigenvalue weighted by atomic mass is 10.3. The van der Waals surface area contributed by atoms with Crippen molar-refractivity contribution in [2.24, 2.45) is 0 Å². The number of likely N-dealkylation sites (N-methyl/N-ethyl adjacent to an activating group) is 1. The van der Waals surface area contributed by atoms with Gasteiger partial charge in [-0.15, -0.1) is 21.5 Å². The maximum absolute atomic E-state index is 13.1. The van der Waals surface area contributed by atoms with Crippen LogP contribution in [0.15, 0.2) is 6.07 Å². The Balaban J connectivity index is 1.58. The third-order valence-electron chi connectivity index (χ3n) is 4.93. The molecule has 0 unspecified atom stereocenters. The molecule has 0 N–H and O–H groups in total. The van der Waals surface area contributed by atoms with E-state index in [0.717, 1.165) is 14.8 Å². The van der Waals surface area contributed by atoms with Gasteiger partial charge in [0.1, 0.15) is 17.3 Å². The Hall–Kier alpha value is -3.16. The first kappa shape index (κ1) is 22.0. The largest absolute Gasteiger partial charge is 0.461 e. The average Bonchev–Trinajstić information content (AvgIpc) is 3.34. The summed E-state index contributed by atoms with van der Waals surface area (Å²) in [6, 6.07) is 2.06. The smallest absolute Gasteiger partial charge is 0.451 e. The van der Waals surface area contributed by atoms with Crippen molar-refractivity contribution in [3.05, 3.63) is 22.6 Å². The van der Waals surface area contributed by atoms with Gasteiger partial charge in [-0.1, -0.05) is 0 Å². The van der Waals surface area contributed by atoms with E-state index >= 15 is 0 Å². The van der Waals surface area contributed by atoms with Gasteiger partial charge in [0.25, 0.3) is 0 Å². The van der Waals surface area contributed by atoms with E-state index in [1.54, 1.807) is 7.05 Å². The molecule has 0 radical (unpaired) electrons. The van der Waals surface area contributed by atoms with Crippen LogP contribution in [0.4, 0.5) is 23.8 Å². The Morgan fingerprint density at radius 2 is 2.06 bits per heavy atom. The Morgan fingerprint density at radius 1 is 1.28 bits per heavy atom. The maximum atomic E-state index is 13.1. The molecule has 0 bridgehead atoms. The number of anilines is 1. The summed E-state index contributed by atoms with van der Waals surface area (Å²) < 4.78 is 50.8. The first-order chi connectivity index (χ1) is 15.2. The summed E-state index contributed by atoms with van der Waals surface area (Å²) >= 11 is 1.46. The molecule has 14 heteroatoms. The molecule has 32 heavy (non-hydrogen) atoms. The highest BCUT2D eigenvalue weighted by Crippen LogP contribution is 2.35. The number of aromatic nitrogens is 5. The Kier molecular flexibility index (Phi) is 5.79. The van der Waals surface area contributed by atoms with Crippen molar-refractivity contribution in [2.75, 3.05) is 38.8 Å². The Morgan fingerprint density at radius 3 is 2.78 bits per heavy atom. The van der Waals surface area contributed by atoms with Crippen LogP contribution in [0.2, 0.25) is 0 Å². The van der Waals surface area contributed by atoms with Gasteiger partial charge in [0, 0.05) is 25.0 Å². The summed E-state index contributed by atoms with van der Waals surface area (Å²) in [5.41, 5.74) is 0. The van der Waals surface area contributed by atoms with E-state index in [-0.39, 0.29) is 38.1 Å². The van der Waals surface area contributed by atoms with Crippen LogP contribution < -0.4 is 9.64 Å². The van der Waals surface area contributed by atoms with Gasteiger partial charge in [-0.3, -0.25) is 0 Å². The van der Waals surface area contributed by atoms with Crippen molar-refractivity contribution in [1.29, 1.82) is 0 Å². The van der Waals surface area contributed by atoms with Crippen LogP contribution in [-0.2, 0) is 24.0 Å². The van der Waals surface area contributed by atoms with Crippen molar-refractivity contribution >= 4 is 33.5 Å². The molecule has 1 aliphatic heterocycles. The fraction of sp³-hybridized carbons (Fsp3) is 0.500. The van der Waals surface area contributed by atoms with Crippen LogP contribution in [0.25, 0.3) is 10.2 Å². The molecule has 4 heterocycles. The second-order valence-electron chi connectivity index (χ2n) is 7.16. The summed E-state index contributed by atoms with van der Waals surface area (Å²) in [6.45, 7) is 2.83. The van der Waals surface area contributed by atoms with Crippen molar-refractivity contribution in [2.45, 2.75) is 26.2 Å². The van der Waals surface area contributed by atoms with Gasteiger partial charge < -0.3 is 23.8 Å². The minimum atomic E-state index is -4.56. The number of thiophene rings is 1. The van der Waals surface area contributed by atoms with Gasteiger partial charge in [-0.25, -0.2) is 4.79 Å². The van der Waals surface area contributed by atoms with Gasteiger partial charge in [0.05, 0.1) is 25.6 Å². The predicted molar refractivity (Wildman–Crippen MR) is 109 cm³/mol. The van der Waals surface area contributed by atoms with Crippen molar-refractivity contribution < 1.29 is 27.4 Å². The molecule has 3 aromatic heterocycles. The highest BCUT2D eigenvalue weighted by Gasteiger charge is 2.39. The molecule has 0 aromatic carbocycles. The van der Waals surface area contributed by atoms with Gasteiger partial charge in [0.15, 0.2) is 5.82 Å². The van der Waals surface area contributed by atoms with E-state index in [1.807, 2.05) is 17.9 Å². The third-order valence-corrected chi connectivity index (χ3v) is 5.87. The normalized spacial score (nSPS) is 13.9. The zero-order chi connectivity index (χ0) is 23.0. The van der Waals surface area contributed by atoms with Crippen LogP contribution in [-0.4, -0.2) is 69.6 Å². The van der Waals surface area contributed by atoms with Crippen LogP contribution in [0.3, 0.4) is 0 Å². The van der Waals surface area contributed by atoms with E-state index in [4.69, 9.17) is 4.74 Å². The molecule has 0 fully saturated rings. The zero-order valence-corrected chi connectivity index (χ0v) is 18.3. The number of amides is 1. The molecule has 172 valence electrons. The summed E-state index contributed by atoms with van der Waals surface area (Å²) in [7, 11) is 2.87. The van der Waals surface area contributed by atoms with Crippen LogP contribution >= 0.6 is 11.3 Å². The minimum Gasteiger partial charge on any atom is -0.461 e. The molecule has 0 saturated heterocycles. The van der Waals surface area contributed by atoms with Crippen molar-refractivity contribution in [1.82, 2.24) is 29.6 Å².